The van der Waals surface area contributed by atoms with Gasteiger partial charge in [-0.2, -0.15) is 0 Å². The van der Waals surface area contributed by atoms with Crippen molar-refractivity contribution >= 4 is 33.1 Å². The van der Waals surface area contributed by atoms with Crippen molar-refractivity contribution in [2.24, 2.45) is 5.92 Å². The number of carbonyl (C=O) groups is 1. The minimum Gasteiger partial charge on any atom is -0.338 e. The number of carbonyl (C=O) groups excluding carboxylic acids is 1. The van der Waals surface area contributed by atoms with E-state index in [-0.39, 0.29) is 22.3 Å². The summed E-state index contributed by atoms with van der Waals surface area (Å²) >= 11 is 0. The van der Waals surface area contributed by atoms with Crippen molar-refractivity contribution in [3.8, 4) is 0 Å². The third-order valence-corrected chi connectivity index (χ3v) is 5.15. The van der Waals surface area contributed by atoms with Crippen LogP contribution in [0.2, 0.25) is 0 Å². The van der Waals surface area contributed by atoms with Crippen molar-refractivity contribution < 1.29 is 18.1 Å². The highest BCUT2D eigenvalue weighted by Gasteiger charge is 2.17. The van der Waals surface area contributed by atoms with Crippen LogP contribution in [-0.2, 0) is 10.0 Å². The summed E-state index contributed by atoms with van der Waals surface area (Å²) in [5.74, 6) is 0.307. The van der Waals surface area contributed by atoms with Crippen LogP contribution < -0.4 is 15.4 Å². The molecule has 2 amide bonds. The van der Waals surface area contributed by atoms with Gasteiger partial charge in [0.1, 0.15) is 0 Å². The molecule has 10 heteroatoms. The monoisotopic (exact) mass is 406 g/mol. The number of benzene rings is 2. The average Bonchev–Trinajstić information content (AvgIpc) is 2.62. The molecule has 2 rings (SSSR count). The van der Waals surface area contributed by atoms with Crippen LogP contribution in [0.5, 0.6) is 0 Å². The summed E-state index contributed by atoms with van der Waals surface area (Å²) in [7, 11) is -3.95. The summed E-state index contributed by atoms with van der Waals surface area (Å²) in [5, 5.41) is 16.2. The van der Waals surface area contributed by atoms with Crippen LogP contribution in [0.15, 0.2) is 47.4 Å². The summed E-state index contributed by atoms with van der Waals surface area (Å²) in [5.41, 5.74) is 0.903. The van der Waals surface area contributed by atoms with Gasteiger partial charge in [-0.1, -0.05) is 19.9 Å². The number of rotatable bonds is 7. The number of urea groups is 1. The first-order valence-corrected chi connectivity index (χ1v) is 9.99. The van der Waals surface area contributed by atoms with Crippen molar-refractivity contribution in [2.45, 2.75) is 25.7 Å². The highest BCUT2D eigenvalue weighted by molar-refractivity contribution is 7.92. The van der Waals surface area contributed by atoms with Crippen LogP contribution in [0.3, 0.4) is 0 Å². The molecule has 0 saturated heterocycles. The summed E-state index contributed by atoms with van der Waals surface area (Å²) in [6, 6.07) is 9.17. The van der Waals surface area contributed by atoms with Crippen molar-refractivity contribution in [3.05, 3.63) is 58.1 Å². The van der Waals surface area contributed by atoms with E-state index in [9.17, 15) is 23.3 Å². The smallest absolute Gasteiger partial charge is 0.319 e. The van der Waals surface area contributed by atoms with Gasteiger partial charge in [0, 0.05) is 24.4 Å². The Balaban J connectivity index is 2.13. The Hall–Kier alpha value is -3.14. The second kappa shape index (κ2) is 8.70. The van der Waals surface area contributed by atoms with Crippen LogP contribution in [0.1, 0.15) is 19.4 Å². The first kappa shape index (κ1) is 21.2. The second-order valence-electron chi connectivity index (χ2n) is 6.62. The Kier molecular flexibility index (Phi) is 6.57. The van der Waals surface area contributed by atoms with Gasteiger partial charge in [-0.25, -0.2) is 13.2 Å². The molecule has 0 aliphatic carbocycles. The van der Waals surface area contributed by atoms with Gasteiger partial charge in [0.05, 0.1) is 15.5 Å². The van der Waals surface area contributed by atoms with Crippen LogP contribution >= 0.6 is 0 Å². The number of nitrogens with zero attached hydrogens (tertiary/aromatic N) is 1. The molecule has 28 heavy (non-hydrogen) atoms. The topological polar surface area (TPSA) is 130 Å². The first-order valence-electron chi connectivity index (χ1n) is 8.51. The fraction of sp³-hybridized carbons (Fsp3) is 0.278. The van der Waals surface area contributed by atoms with E-state index in [2.05, 4.69) is 15.4 Å². The molecule has 0 spiro atoms. The third-order valence-electron chi connectivity index (χ3n) is 3.77. The Morgan fingerprint density at radius 1 is 1.14 bits per heavy atom. The van der Waals surface area contributed by atoms with Crippen molar-refractivity contribution in [1.82, 2.24) is 5.32 Å². The van der Waals surface area contributed by atoms with Gasteiger partial charge in [0.15, 0.2) is 0 Å². The van der Waals surface area contributed by atoms with E-state index in [1.54, 1.807) is 6.92 Å². The molecule has 0 aliphatic heterocycles. The highest BCUT2D eigenvalue weighted by Crippen LogP contribution is 2.25. The van der Waals surface area contributed by atoms with E-state index >= 15 is 0 Å². The SMILES string of the molecule is Cc1ccc([N+](=O)[O-])cc1NS(=O)(=O)c1ccc(NC(=O)NCC(C)C)cc1. The molecule has 3 N–H and O–H groups in total. The van der Waals surface area contributed by atoms with Crippen molar-refractivity contribution in [1.29, 1.82) is 0 Å². The number of hydrogen-bond donors (Lipinski definition) is 3. The highest BCUT2D eigenvalue weighted by atomic mass is 32.2. The number of hydrogen-bond acceptors (Lipinski definition) is 5. The van der Waals surface area contributed by atoms with Gasteiger partial charge in [0.2, 0.25) is 0 Å². The number of non-ortho nitro benzene ring substituents is 1. The quantitative estimate of drug-likeness (QED) is 0.479. The van der Waals surface area contributed by atoms with Crippen LogP contribution in [0, 0.1) is 23.0 Å². The lowest BCUT2D eigenvalue weighted by atomic mass is 10.2. The minimum absolute atomic E-state index is 0.0356. The molecule has 2 aromatic carbocycles. The molecule has 0 radical (unpaired) electrons. The van der Waals surface area contributed by atoms with Crippen LogP contribution in [0.4, 0.5) is 21.9 Å². The average molecular weight is 406 g/mol. The van der Waals surface area contributed by atoms with Crippen molar-refractivity contribution in [2.75, 3.05) is 16.6 Å². The van der Waals surface area contributed by atoms with E-state index < -0.39 is 14.9 Å². The first-order chi connectivity index (χ1) is 13.1. The largest absolute Gasteiger partial charge is 0.338 e. The maximum Gasteiger partial charge on any atom is 0.319 e. The van der Waals surface area contributed by atoms with Crippen molar-refractivity contribution in [3.63, 3.8) is 0 Å². The van der Waals surface area contributed by atoms with Gasteiger partial charge in [-0.15, -0.1) is 0 Å². The summed E-state index contributed by atoms with van der Waals surface area (Å²) in [4.78, 5) is 22.0. The predicted molar refractivity (Wildman–Crippen MR) is 107 cm³/mol. The lowest BCUT2D eigenvalue weighted by Crippen LogP contribution is -2.31. The molecular formula is C18H22N4O5S. The molecule has 0 heterocycles. The molecule has 150 valence electrons. The Morgan fingerprint density at radius 3 is 2.36 bits per heavy atom. The molecule has 0 fully saturated rings. The zero-order chi connectivity index (χ0) is 20.9. The zero-order valence-electron chi connectivity index (χ0n) is 15.7. The second-order valence-corrected chi connectivity index (χ2v) is 8.30. The Labute approximate surface area is 163 Å². The molecule has 0 aliphatic rings. The van der Waals surface area contributed by atoms with Gasteiger partial charge in [0.25, 0.3) is 15.7 Å². The summed E-state index contributed by atoms with van der Waals surface area (Å²) < 4.78 is 27.5. The van der Waals surface area contributed by atoms with Gasteiger partial charge in [-0.3, -0.25) is 14.8 Å². The van der Waals surface area contributed by atoms with Gasteiger partial charge < -0.3 is 10.6 Å². The van der Waals surface area contributed by atoms with E-state index in [0.717, 1.165) is 0 Å². The molecule has 0 unspecified atom stereocenters. The van der Waals surface area contributed by atoms with E-state index in [1.807, 2.05) is 13.8 Å². The fourth-order valence-electron chi connectivity index (χ4n) is 2.23. The summed E-state index contributed by atoms with van der Waals surface area (Å²) in [6.07, 6.45) is 0. The number of amides is 2. The molecule has 9 nitrogen and oxygen atoms in total. The Bertz CT molecular complexity index is 972. The van der Waals surface area contributed by atoms with Crippen LogP contribution in [0.25, 0.3) is 0 Å². The number of aryl methyl sites for hydroxylation is 1. The van der Waals surface area contributed by atoms with Gasteiger partial charge >= 0.3 is 6.03 Å². The molecule has 0 bridgehead atoms. The third kappa shape index (κ3) is 5.68. The molecular weight excluding hydrogens is 384 g/mol. The normalized spacial score (nSPS) is 11.1. The minimum atomic E-state index is -3.95. The lowest BCUT2D eigenvalue weighted by molar-refractivity contribution is -0.384. The molecule has 2 aromatic rings. The number of sulfonamides is 1. The van der Waals surface area contributed by atoms with E-state index in [1.165, 1.54) is 42.5 Å². The Morgan fingerprint density at radius 2 is 1.79 bits per heavy atom. The zero-order valence-corrected chi connectivity index (χ0v) is 16.5. The lowest BCUT2D eigenvalue weighted by Gasteiger charge is -2.12. The van der Waals surface area contributed by atoms with Crippen LogP contribution in [-0.4, -0.2) is 25.9 Å². The predicted octanol–water partition coefficient (Wildman–Crippen LogP) is 3.48. The summed E-state index contributed by atoms with van der Waals surface area (Å²) in [6.45, 7) is 6.10. The molecule has 0 saturated carbocycles. The van der Waals surface area contributed by atoms with Gasteiger partial charge in [-0.05, 0) is 42.7 Å². The van der Waals surface area contributed by atoms with E-state index in [0.29, 0.717) is 23.7 Å². The maximum atomic E-state index is 12.6. The fourth-order valence-corrected chi connectivity index (χ4v) is 3.35. The number of anilines is 2. The number of nitro groups is 1. The number of nitro benzene ring substituents is 1. The molecule has 0 aromatic heterocycles. The maximum absolute atomic E-state index is 12.6. The number of nitrogens with one attached hydrogen (secondary N) is 3. The van der Waals surface area contributed by atoms with E-state index in [4.69, 9.17) is 0 Å². The molecule has 0 atom stereocenters. The standard InChI is InChI=1S/C18H22N4O5S/c1-12(2)11-19-18(23)20-14-5-8-16(9-6-14)28(26,27)21-17-10-15(22(24)25)7-4-13(17)3/h4-10,12,21H,11H2,1-3H3,(H2,19,20,23).